The van der Waals surface area contributed by atoms with Gasteiger partial charge >= 0.3 is 0 Å². The van der Waals surface area contributed by atoms with Gasteiger partial charge in [-0.05, 0) is 105 Å². The summed E-state index contributed by atoms with van der Waals surface area (Å²) in [7, 11) is 3.34. The molecule has 0 saturated heterocycles. The summed E-state index contributed by atoms with van der Waals surface area (Å²) in [5.74, 6) is 2.51. The fourth-order valence-corrected chi connectivity index (χ4v) is 7.78. The number of allylic oxidation sites excluding steroid dienone is 1. The number of aromatic nitrogens is 4. The Hall–Kier alpha value is -5.02. The summed E-state index contributed by atoms with van der Waals surface area (Å²) < 4.78 is 15.5. The number of Topliss-reactive ketones (excluding diaryl/α,β-unsaturated/α-hetero) is 1. The number of carbonyl (C=O) groups excluding carboxylic acids is 2. The topological polar surface area (TPSA) is 91.5 Å². The van der Waals surface area contributed by atoms with Crippen molar-refractivity contribution in [3.8, 4) is 22.8 Å². The summed E-state index contributed by atoms with van der Waals surface area (Å²) in [5.41, 5.74) is 8.38. The molecule has 4 heterocycles. The number of hydrogen-bond acceptors (Lipinski definition) is 6. The molecule has 0 bridgehead atoms. The Morgan fingerprint density at radius 2 is 1.74 bits per heavy atom. The molecule has 0 radical (unpaired) electrons. The predicted molar refractivity (Wildman–Crippen MR) is 220 cm³/mol. The van der Waals surface area contributed by atoms with E-state index in [0.717, 1.165) is 52.4 Å². The lowest BCUT2D eigenvalue weighted by molar-refractivity contribution is 0.0551. The van der Waals surface area contributed by atoms with Gasteiger partial charge in [-0.3, -0.25) is 9.59 Å². The molecule has 2 aliphatic rings. The van der Waals surface area contributed by atoms with E-state index in [9.17, 15) is 9.59 Å². The average molecular weight is 732 g/mol. The number of benzene rings is 2. The van der Waals surface area contributed by atoms with E-state index in [-0.39, 0.29) is 19.2 Å². The third-order valence-corrected chi connectivity index (χ3v) is 10.4. The second kappa shape index (κ2) is 17.0. The van der Waals surface area contributed by atoms with Crippen LogP contribution in [0.2, 0.25) is 0 Å². The maximum atomic E-state index is 14.5. The second-order valence-corrected chi connectivity index (χ2v) is 15.2. The molecule has 1 fully saturated rings. The first-order valence-electron chi connectivity index (χ1n) is 19.4. The van der Waals surface area contributed by atoms with Crippen molar-refractivity contribution in [1.82, 2.24) is 24.2 Å². The first-order valence-corrected chi connectivity index (χ1v) is 19.4. The highest BCUT2D eigenvalue weighted by atomic mass is 16.5. The summed E-state index contributed by atoms with van der Waals surface area (Å²) in [6, 6.07) is 18.1. The van der Waals surface area contributed by atoms with Crippen LogP contribution in [0.15, 0.2) is 67.0 Å². The zero-order valence-electron chi connectivity index (χ0n) is 33.2. The third kappa shape index (κ3) is 7.92. The minimum Gasteiger partial charge on any atom is -0.497 e. The molecule has 286 valence electrons. The van der Waals surface area contributed by atoms with Crippen LogP contribution in [-0.4, -0.2) is 69.3 Å². The smallest absolute Gasteiger partial charge is 0.257 e. The summed E-state index contributed by atoms with van der Waals surface area (Å²) in [4.78, 5) is 33.7. The normalized spacial score (nSPS) is 14.7. The Balaban J connectivity index is 0.00000111. The maximum absolute atomic E-state index is 14.5. The molecule has 9 heteroatoms. The van der Waals surface area contributed by atoms with Crippen molar-refractivity contribution in [2.75, 3.05) is 27.3 Å². The van der Waals surface area contributed by atoms with E-state index >= 15 is 0 Å². The molecule has 54 heavy (non-hydrogen) atoms. The highest BCUT2D eigenvalue weighted by Gasteiger charge is 2.32. The van der Waals surface area contributed by atoms with Gasteiger partial charge in [0.25, 0.3) is 5.91 Å². The number of ether oxygens (including phenoxy) is 2. The summed E-state index contributed by atoms with van der Waals surface area (Å²) in [6.07, 6.45) is 11.4. The van der Waals surface area contributed by atoms with Gasteiger partial charge in [-0.25, -0.2) is 9.67 Å². The Kier molecular flexibility index (Phi) is 12.2. The SMILES string of the molecule is CC(C)C.CCN(CC(C)OC)C(=O)c1cnn(-c2ccccn2)c1C1=Cc2cc(OC)ccc2-c2c(C3CCCCC3)c3ccc(C(C)=O)cc3n2C1.[HH]. The average Bonchev–Trinajstić information content (AvgIpc) is 3.71. The lowest BCUT2D eigenvalue weighted by Gasteiger charge is -2.24. The fraction of sp³-hybridized carbons (Fsp3) is 0.422. The molecule has 1 aliphatic heterocycles. The number of rotatable bonds is 10. The van der Waals surface area contributed by atoms with Crippen molar-refractivity contribution in [3.63, 3.8) is 0 Å². The van der Waals surface area contributed by atoms with Crippen molar-refractivity contribution in [2.45, 2.75) is 92.2 Å². The van der Waals surface area contributed by atoms with Crippen LogP contribution >= 0.6 is 0 Å². The van der Waals surface area contributed by atoms with Crippen LogP contribution in [0, 0.1) is 5.92 Å². The van der Waals surface area contributed by atoms with Gasteiger partial charge in [0.05, 0.1) is 42.9 Å². The molecule has 2 aromatic carbocycles. The van der Waals surface area contributed by atoms with Crippen LogP contribution in [0.4, 0.5) is 0 Å². The zero-order valence-corrected chi connectivity index (χ0v) is 33.2. The molecule has 0 spiro atoms. The third-order valence-electron chi connectivity index (χ3n) is 10.4. The van der Waals surface area contributed by atoms with E-state index < -0.39 is 0 Å². The van der Waals surface area contributed by atoms with Gasteiger partial charge in [-0.1, -0.05) is 58.2 Å². The number of likely N-dealkylation sites (N-methyl/N-ethyl adjacent to an activating group) is 1. The molecule has 0 N–H and O–H groups in total. The van der Waals surface area contributed by atoms with E-state index in [1.165, 1.54) is 30.2 Å². The van der Waals surface area contributed by atoms with Crippen LogP contribution in [-0.2, 0) is 11.3 Å². The maximum Gasteiger partial charge on any atom is 0.257 e. The van der Waals surface area contributed by atoms with Gasteiger partial charge in [-0.15, -0.1) is 0 Å². The monoisotopic (exact) mass is 731 g/mol. The molecule has 1 unspecified atom stereocenters. The standard InChI is InChI=1S/C41H45N5O4.C4H10.H2/c1-6-44(24-26(2)49-4)41(48)35-23-43-46(37-14-10-11-19-42-37)39(35)31-20-30-21-32(50-5)16-18-33(30)40-38(28-12-8-7-9-13-28)34-17-15-29(27(3)47)22-36(34)45(40)25-31;1-4(2)3;/h10-11,14-23,26,28H,6-9,12-13,24-25H2,1-5H3;4H,1-3H3;1H. The first kappa shape index (κ1) is 38.7. The zero-order chi connectivity index (χ0) is 38.5. The minimum atomic E-state index is -0.132. The largest absolute Gasteiger partial charge is 0.497 e. The summed E-state index contributed by atoms with van der Waals surface area (Å²) >= 11 is 0. The van der Waals surface area contributed by atoms with Crippen molar-refractivity contribution in [3.05, 3.63) is 94.9 Å². The van der Waals surface area contributed by atoms with Crippen molar-refractivity contribution in [2.24, 2.45) is 5.92 Å². The lowest BCUT2D eigenvalue weighted by Crippen LogP contribution is -2.37. The highest BCUT2D eigenvalue weighted by Crippen LogP contribution is 2.48. The van der Waals surface area contributed by atoms with Gasteiger partial charge in [0.1, 0.15) is 5.75 Å². The van der Waals surface area contributed by atoms with Crippen LogP contribution in [0.3, 0.4) is 0 Å². The quantitative estimate of drug-likeness (QED) is 0.133. The molecular weight excluding hydrogens is 675 g/mol. The molecule has 1 amide bonds. The van der Waals surface area contributed by atoms with Gasteiger partial charge in [-0.2, -0.15) is 5.10 Å². The first-order chi connectivity index (χ1) is 26.1. The number of pyridine rings is 1. The van der Waals surface area contributed by atoms with Gasteiger partial charge in [0.2, 0.25) is 0 Å². The molecule has 3 aromatic heterocycles. The van der Waals surface area contributed by atoms with E-state index in [0.29, 0.717) is 48.2 Å². The molecule has 1 aliphatic carbocycles. The number of nitrogens with zero attached hydrogens (tertiary/aromatic N) is 5. The van der Waals surface area contributed by atoms with Gasteiger partial charge in [0, 0.05) is 49.9 Å². The van der Waals surface area contributed by atoms with E-state index in [1.807, 2.05) is 55.1 Å². The van der Waals surface area contributed by atoms with E-state index in [1.54, 1.807) is 38.2 Å². The number of amides is 1. The number of carbonyl (C=O) groups is 2. The Morgan fingerprint density at radius 1 is 0.981 bits per heavy atom. The Labute approximate surface area is 321 Å². The molecular formula is C45H57N5O4. The summed E-state index contributed by atoms with van der Waals surface area (Å²) in [6.45, 7) is 13.5. The van der Waals surface area contributed by atoms with Crippen molar-refractivity contribution >= 4 is 34.2 Å². The minimum absolute atomic E-state index is 0. The fourth-order valence-electron chi connectivity index (χ4n) is 7.78. The van der Waals surface area contributed by atoms with E-state index in [2.05, 4.69) is 54.6 Å². The van der Waals surface area contributed by atoms with Gasteiger partial charge in [0.15, 0.2) is 11.6 Å². The van der Waals surface area contributed by atoms with Crippen molar-refractivity contribution < 1.29 is 20.5 Å². The molecule has 5 aromatic rings. The Bertz CT molecular complexity index is 2140. The molecule has 1 saturated carbocycles. The predicted octanol–water partition coefficient (Wildman–Crippen LogP) is 10.1. The number of methoxy groups -OCH3 is 2. The second-order valence-electron chi connectivity index (χ2n) is 15.2. The molecule has 1 atom stereocenters. The molecule has 9 nitrogen and oxygen atoms in total. The highest BCUT2D eigenvalue weighted by molar-refractivity contribution is 6.05. The number of fused-ring (bicyclic) bond motifs is 5. The van der Waals surface area contributed by atoms with Crippen molar-refractivity contribution in [1.29, 1.82) is 0 Å². The lowest BCUT2D eigenvalue weighted by atomic mass is 9.81. The van der Waals surface area contributed by atoms with Crippen LogP contribution in [0.1, 0.15) is 119 Å². The van der Waals surface area contributed by atoms with Crippen LogP contribution in [0.25, 0.3) is 39.6 Å². The van der Waals surface area contributed by atoms with Crippen LogP contribution in [0.5, 0.6) is 5.75 Å². The molecule has 7 rings (SSSR count). The van der Waals surface area contributed by atoms with Crippen LogP contribution < -0.4 is 4.74 Å². The number of hydrogen-bond donors (Lipinski definition) is 0. The van der Waals surface area contributed by atoms with Gasteiger partial charge < -0.3 is 18.9 Å². The summed E-state index contributed by atoms with van der Waals surface area (Å²) in [5, 5.41) is 5.99. The number of ketones is 1. The Morgan fingerprint density at radius 3 is 2.39 bits per heavy atom. The van der Waals surface area contributed by atoms with E-state index in [4.69, 9.17) is 14.6 Å².